The average molecular weight is 440 g/mol. The molecule has 7 nitrogen and oxygen atoms in total. The second kappa shape index (κ2) is 9.32. The number of amides is 3. The summed E-state index contributed by atoms with van der Waals surface area (Å²) in [5.74, 6) is -2.60. The maximum absolute atomic E-state index is 13.8. The van der Waals surface area contributed by atoms with Crippen molar-refractivity contribution in [3.8, 4) is 0 Å². The molecule has 2 aromatic rings. The van der Waals surface area contributed by atoms with E-state index in [2.05, 4.69) is 10.6 Å². The molecule has 29 heavy (non-hydrogen) atoms. The van der Waals surface area contributed by atoms with Gasteiger partial charge in [-0.2, -0.15) is 0 Å². The molecule has 3 amide bonds. The number of fused-ring (bicyclic) bond motifs is 1. The smallest absolute Gasteiger partial charge is 0.261 e. The highest BCUT2D eigenvalue weighted by atomic mass is 35.5. The van der Waals surface area contributed by atoms with Crippen LogP contribution in [-0.4, -0.2) is 60.5 Å². The Morgan fingerprint density at radius 2 is 2.14 bits per heavy atom. The van der Waals surface area contributed by atoms with E-state index in [0.29, 0.717) is 23.1 Å². The predicted octanol–water partition coefficient (Wildman–Crippen LogP) is 1.54. The van der Waals surface area contributed by atoms with Crippen molar-refractivity contribution in [2.45, 2.75) is 6.42 Å². The van der Waals surface area contributed by atoms with E-state index < -0.39 is 23.4 Å². The lowest BCUT2D eigenvalue weighted by Gasteiger charge is -2.23. The number of thiophene rings is 1. The van der Waals surface area contributed by atoms with Crippen molar-refractivity contribution in [3.05, 3.63) is 35.0 Å². The summed E-state index contributed by atoms with van der Waals surface area (Å²) in [6, 6.07) is 6.02. The van der Waals surface area contributed by atoms with Crippen LogP contribution in [0.5, 0.6) is 0 Å². The van der Waals surface area contributed by atoms with E-state index in [1.807, 2.05) is 0 Å². The van der Waals surface area contributed by atoms with Crippen LogP contribution in [0, 0.1) is 11.7 Å². The molecule has 1 fully saturated rings. The van der Waals surface area contributed by atoms with Gasteiger partial charge >= 0.3 is 0 Å². The van der Waals surface area contributed by atoms with Crippen LogP contribution < -0.4 is 10.6 Å². The van der Waals surface area contributed by atoms with E-state index in [9.17, 15) is 23.6 Å². The molecule has 10 heteroatoms. The van der Waals surface area contributed by atoms with Crippen molar-refractivity contribution in [1.82, 2.24) is 15.5 Å². The van der Waals surface area contributed by atoms with E-state index in [0.717, 1.165) is 11.3 Å². The van der Waals surface area contributed by atoms with Crippen LogP contribution in [0.2, 0.25) is 0 Å². The number of hydrogen-bond donors (Lipinski definition) is 2. The molecule has 2 N–H and O–H groups in total. The minimum atomic E-state index is -0.496. The van der Waals surface area contributed by atoms with Crippen LogP contribution >= 0.6 is 22.9 Å². The molecular weight excluding hydrogens is 421 g/mol. The lowest BCUT2D eigenvalue weighted by atomic mass is 10.1. The number of nitrogens with one attached hydrogen (secondary N) is 2. The van der Waals surface area contributed by atoms with Gasteiger partial charge in [0.25, 0.3) is 5.91 Å². The zero-order valence-corrected chi connectivity index (χ0v) is 16.9. The van der Waals surface area contributed by atoms with Gasteiger partial charge in [-0.25, -0.2) is 4.39 Å². The molecule has 3 rings (SSSR count). The molecule has 0 spiro atoms. The molecule has 1 saturated heterocycles. The summed E-state index contributed by atoms with van der Waals surface area (Å²) >= 11 is 6.73. The Morgan fingerprint density at radius 3 is 2.79 bits per heavy atom. The van der Waals surface area contributed by atoms with Crippen molar-refractivity contribution in [2.24, 2.45) is 5.92 Å². The standard InChI is InChI=1S/C19H19ClFN3O4S/c20-7-17(26)24(9-11-4-5-22-18(11)27)10-12(25)8-23-19(28)16-6-13-14(21)2-1-3-15(13)29-16/h1-3,6,11H,4-5,7-10H2,(H,22,27)(H,23,28)/t11-/m0/s1. The zero-order chi connectivity index (χ0) is 21.0. The molecular formula is C19H19ClFN3O4S. The van der Waals surface area contributed by atoms with Crippen molar-refractivity contribution in [2.75, 3.05) is 32.1 Å². The Morgan fingerprint density at radius 1 is 1.34 bits per heavy atom. The van der Waals surface area contributed by atoms with Gasteiger partial charge in [0.15, 0.2) is 5.78 Å². The van der Waals surface area contributed by atoms with Gasteiger partial charge < -0.3 is 15.5 Å². The van der Waals surface area contributed by atoms with E-state index in [-0.39, 0.29) is 42.2 Å². The highest BCUT2D eigenvalue weighted by molar-refractivity contribution is 7.20. The molecule has 1 atom stereocenters. The molecule has 1 aliphatic heterocycles. The summed E-state index contributed by atoms with van der Waals surface area (Å²) in [4.78, 5) is 49.9. The van der Waals surface area contributed by atoms with Crippen molar-refractivity contribution in [1.29, 1.82) is 0 Å². The number of ketones is 1. The van der Waals surface area contributed by atoms with Gasteiger partial charge in [-0.3, -0.25) is 19.2 Å². The average Bonchev–Trinajstić information content (AvgIpc) is 3.32. The van der Waals surface area contributed by atoms with Crippen LogP contribution in [0.25, 0.3) is 10.1 Å². The van der Waals surface area contributed by atoms with Gasteiger partial charge in [0.05, 0.1) is 23.9 Å². The molecule has 0 saturated carbocycles. The highest BCUT2D eigenvalue weighted by Gasteiger charge is 2.29. The van der Waals surface area contributed by atoms with Gasteiger partial charge in [0.2, 0.25) is 11.8 Å². The largest absolute Gasteiger partial charge is 0.356 e. The molecule has 1 aliphatic rings. The summed E-state index contributed by atoms with van der Waals surface area (Å²) in [5.41, 5.74) is 0. The van der Waals surface area contributed by atoms with E-state index in [1.165, 1.54) is 17.0 Å². The van der Waals surface area contributed by atoms with Crippen LogP contribution in [-0.2, 0) is 14.4 Å². The van der Waals surface area contributed by atoms with Crippen LogP contribution in [0.1, 0.15) is 16.1 Å². The third-order valence-electron chi connectivity index (χ3n) is 4.62. The van der Waals surface area contributed by atoms with Crippen LogP contribution in [0.4, 0.5) is 4.39 Å². The van der Waals surface area contributed by atoms with E-state index in [1.54, 1.807) is 12.1 Å². The SMILES string of the molecule is O=C(CNC(=O)c1cc2c(F)cccc2s1)CN(C[C@@H]1CCNC1=O)C(=O)CCl. The van der Waals surface area contributed by atoms with Gasteiger partial charge in [-0.1, -0.05) is 6.07 Å². The first-order valence-electron chi connectivity index (χ1n) is 8.98. The fourth-order valence-corrected chi connectivity index (χ4v) is 4.26. The Bertz CT molecular complexity index is 964. The Hall–Kier alpha value is -2.52. The number of carbonyl (C=O) groups is 4. The Kier molecular flexibility index (Phi) is 6.81. The first kappa shape index (κ1) is 21.2. The Labute approximate surface area is 175 Å². The van der Waals surface area contributed by atoms with Gasteiger partial charge in [0, 0.05) is 23.2 Å². The number of alkyl halides is 1. The van der Waals surface area contributed by atoms with Gasteiger partial charge in [0.1, 0.15) is 11.7 Å². The summed E-state index contributed by atoms with van der Waals surface area (Å²) in [7, 11) is 0. The monoisotopic (exact) mass is 439 g/mol. The maximum atomic E-state index is 13.8. The minimum absolute atomic E-state index is 0.104. The lowest BCUT2D eigenvalue weighted by molar-refractivity contribution is -0.134. The third kappa shape index (κ3) is 5.10. The molecule has 0 radical (unpaired) electrons. The summed E-state index contributed by atoms with van der Waals surface area (Å²) in [6.45, 7) is 0.0913. The molecule has 0 unspecified atom stereocenters. The van der Waals surface area contributed by atoms with E-state index in [4.69, 9.17) is 11.6 Å². The second-order valence-electron chi connectivity index (χ2n) is 6.67. The number of nitrogens with zero attached hydrogens (tertiary/aromatic N) is 1. The topological polar surface area (TPSA) is 95.6 Å². The molecule has 2 heterocycles. The first-order valence-corrected chi connectivity index (χ1v) is 10.3. The maximum Gasteiger partial charge on any atom is 0.261 e. The fraction of sp³-hybridized carbons (Fsp3) is 0.368. The number of hydrogen-bond acceptors (Lipinski definition) is 5. The fourth-order valence-electron chi connectivity index (χ4n) is 3.10. The molecule has 0 aliphatic carbocycles. The Balaban J connectivity index is 1.57. The normalized spacial score (nSPS) is 15.9. The second-order valence-corrected chi connectivity index (χ2v) is 8.02. The van der Waals surface area contributed by atoms with Crippen LogP contribution in [0.15, 0.2) is 24.3 Å². The summed E-state index contributed by atoms with van der Waals surface area (Å²) < 4.78 is 14.4. The number of benzene rings is 1. The highest BCUT2D eigenvalue weighted by Crippen LogP contribution is 2.27. The summed E-state index contributed by atoms with van der Waals surface area (Å²) in [6.07, 6.45) is 0.582. The van der Waals surface area contributed by atoms with Gasteiger partial charge in [-0.15, -0.1) is 22.9 Å². The number of carbonyl (C=O) groups excluding carboxylic acids is 4. The number of rotatable bonds is 8. The van der Waals surface area contributed by atoms with Crippen LogP contribution in [0.3, 0.4) is 0 Å². The molecule has 1 aromatic heterocycles. The molecule has 0 bridgehead atoms. The molecule has 1 aromatic carbocycles. The summed E-state index contributed by atoms with van der Waals surface area (Å²) in [5, 5.41) is 5.52. The predicted molar refractivity (Wildman–Crippen MR) is 108 cm³/mol. The van der Waals surface area contributed by atoms with Crippen molar-refractivity contribution < 1.29 is 23.6 Å². The number of Topliss-reactive ketones (excluding diaryl/α,β-unsaturated/α-hetero) is 1. The van der Waals surface area contributed by atoms with E-state index >= 15 is 0 Å². The molecule has 154 valence electrons. The third-order valence-corrected chi connectivity index (χ3v) is 5.94. The lowest BCUT2D eigenvalue weighted by Crippen LogP contribution is -2.43. The van der Waals surface area contributed by atoms with Gasteiger partial charge in [-0.05, 0) is 24.6 Å². The van der Waals surface area contributed by atoms with Crippen molar-refractivity contribution in [3.63, 3.8) is 0 Å². The number of halogens is 2. The zero-order valence-electron chi connectivity index (χ0n) is 15.4. The quantitative estimate of drug-likeness (QED) is 0.610. The van der Waals surface area contributed by atoms with Crippen molar-refractivity contribution >= 4 is 56.5 Å². The first-order chi connectivity index (χ1) is 13.9. The minimum Gasteiger partial charge on any atom is -0.356 e.